The Morgan fingerprint density at radius 2 is 1.86 bits per heavy atom. The van der Waals surface area contributed by atoms with Crippen molar-refractivity contribution in [2.45, 2.75) is 25.9 Å². The molecule has 124 valence electrons. The van der Waals surface area contributed by atoms with Crippen molar-refractivity contribution >= 4 is 28.6 Å². The quantitative estimate of drug-likeness (QED) is 0.308. The summed E-state index contributed by atoms with van der Waals surface area (Å²) in [5.41, 5.74) is -2.46. The molecule has 0 aromatic carbocycles. The first-order chi connectivity index (χ1) is 9.94. The third-order valence-electron chi connectivity index (χ3n) is 2.17. The molecule has 11 heteroatoms. The minimum Gasteiger partial charge on any atom is -0.466 e. The summed E-state index contributed by atoms with van der Waals surface area (Å²) in [5, 5.41) is 0. The Balaban J connectivity index is 3.38. The molecule has 0 atom stereocenters. The van der Waals surface area contributed by atoms with E-state index < -0.39 is 41.9 Å². The lowest BCUT2D eigenvalue weighted by molar-refractivity contribution is -0.278. The summed E-state index contributed by atoms with van der Waals surface area (Å²) in [7, 11) is 0. The molecule has 0 N–H and O–H groups in total. The molecule has 1 rings (SSSR count). The zero-order valence-electron chi connectivity index (χ0n) is 10.8. The lowest BCUT2D eigenvalue weighted by Crippen LogP contribution is -2.23. The molecule has 0 saturated carbocycles. The number of carbonyl (C=O) groups excluding carboxylic acids is 1. The van der Waals surface area contributed by atoms with Gasteiger partial charge in [-0.2, -0.15) is 13.2 Å². The van der Waals surface area contributed by atoms with Crippen molar-refractivity contribution in [3.05, 3.63) is 20.9 Å². The Kier molecular flexibility index (Phi) is 5.87. The van der Waals surface area contributed by atoms with Gasteiger partial charge in [0.25, 0.3) is 0 Å². The third-order valence-corrected chi connectivity index (χ3v) is 2.73. The summed E-state index contributed by atoms with van der Waals surface area (Å²) in [4.78, 5) is 14.4. The van der Waals surface area contributed by atoms with Gasteiger partial charge in [0.15, 0.2) is 0 Å². The fraction of sp³-hybridized carbons (Fsp3) is 0.455. The molecule has 0 amide bonds. The zero-order valence-corrected chi connectivity index (χ0v) is 13.0. The van der Waals surface area contributed by atoms with Crippen LogP contribution in [0.15, 0.2) is 6.07 Å². The zero-order chi connectivity index (χ0) is 17.1. The van der Waals surface area contributed by atoms with Crippen LogP contribution in [0.5, 0.6) is 5.88 Å². The number of hydrogen-bond acceptors (Lipinski definition) is 4. The predicted octanol–water partition coefficient (Wildman–Crippen LogP) is 3.71. The Morgan fingerprint density at radius 1 is 1.27 bits per heavy atom. The van der Waals surface area contributed by atoms with Crippen LogP contribution < -0.4 is 4.74 Å². The summed E-state index contributed by atoms with van der Waals surface area (Å²) in [6.45, 7) is 1.37. The van der Waals surface area contributed by atoms with Crippen LogP contribution in [0, 0.1) is 3.70 Å². The first-order valence-electron chi connectivity index (χ1n) is 5.62. The highest BCUT2D eigenvalue weighted by Crippen LogP contribution is 2.40. The fourth-order valence-corrected chi connectivity index (χ4v) is 2.13. The van der Waals surface area contributed by atoms with Crippen LogP contribution in [-0.4, -0.2) is 23.9 Å². The molecule has 0 aliphatic heterocycles. The molecule has 0 bridgehead atoms. The highest BCUT2D eigenvalue weighted by Gasteiger charge is 2.43. The maximum Gasteiger partial charge on any atom is 0.574 e. The monoisotopic (exact) mass is 443 g/mol. The lowest BCUT2D eigenvalue weighted by Gasteiger charge is -2.18. The molecule has 0 fully saturated rings. The second-order valence-electron chi connectivity index (χ2n) is 3.81. The summed E-state index contributed by atoms with van der Waals surface area (Å²) >= 11 is 1.42. The number of esters is 1. The highest BCUT2D eigenvalue weighted by atomic mass is 127. The van der Waals surface area contributed by atoms with Crippen molar-refractivity contribution in [3.63, 3.8) is 0 Å². The molecular weight excluding hydrogens is 435 g/mol. The van der Waals surface area contributed by atoms with Crippen LogP contribution in [0.1, 0.15) is 18.1 Å². The Labute approximate surface area is 133 Å². The van der Waals surface area contributed by atoms with Crippen LogP contribution in [0.4, 0.5) is 26.3 Å². The van der Waals surface area contributed by atoms with Gasteiger partial charge in [-0.15, -0.1) is 13.2 Å². The molecule has 0 radical (unpaired) electrons. The lowest BCUT2D eigenvalue weighted by atomic mass is 10.1. The van der Waals surface area contributed by atoms with Gasteiger partial charge in [-0.05, 0) is 41.1 Å². The average molecular weight is 443 g/mol. The largest absolute Gasteiger partial charge is 0.574 e. The number of carbonyl (C=O) groups is 1. The molecule has 4 nitrogen and oxygen atoms in total. The molecule has 0 unspecified atom stereocenters. The molecule has 22 heavy (non-hydrogen) atoms. The van der Waals surface area contributed by atoms with Gasteiger partial charge >= 0.3 is 18.5 Å². The van der Waals surface area contributed by atoms with E-state index in [1.807, 2.05) is 0 Å². The summed E-state index contributed by atoms with van der Waals surface area (Å²) < 4.78 is 83.4. The van der Waals surface area contributed by atoms with Crippen molar-refractivity contribution in [3.8, 4) is 5.88 Å². The Hall–Kier alpha value is -1.27. The highest BCUT2D eigenvalue weighted by molar-refractivity contribution is 14.1. The molecule has 0 saturated heterocycles. The van der Waals surface area contributed by atoms with Crippen molar-refractivity contribution in [2.24, 2.45) is 0 Å². The van der Waals surface area contributed by atoms with E-state index in [2.05, 4.69) is 14.5 Å². The van der Waals surface area contributed by atoms with E-state index in [0.717, 1.165) is 6.07 Å². The van der Waals surface area contributed by atoms with E-state index >= 15 is 0 Å². The van der Waals surface area contributed by atoms with Crippen molar-refractivity contribution < 1.29 is 40.6 Å². The van der Waals surface area contributed by atoms with Gasteiger partial charge in [0.05, 0.1) is 13.0 Å². The fourth-order valence-electron chi connectivity index (χ4n) is 1.53. The van der Waals surface area contributed by atoms with E-state index in [4.69, 9.17) is 0 Å². The number of aromatic nitrogens is 1. The Morgan fingerprint density at radius 3 is 2.32 bits per heavy atom. The molecule has 0 aliphatic carbocycles. The number of pyridine rings is 1. The summed E-state index contributed by atoms with van der Waals surface area (Å²) in [6, 6.07) is 0.851. The van der Waals surface area contributed by atoms with Gasteiger partial charge in [-0.25, -0.2) is 4.98 Å². The van der Waals surface area contributed by atoms with Gasteiger partial charge in [-0.3, -0.25) is 4.79 Å². The SMILES string of the molecule is CCOC(=O)Cc1cc(I)nc(OC(F)(F)F)c1C(F)(F)F. The first-order valence-corrected chi connectivity index (χ1v) is 6.70. The molecule has 1 aromatic heterocycles. The van der Waals surface area contributed by atoms with Gasteiger partial charge in [-0.1, -0.05) is 0 Å². The number of rotatable bonds is 4. The van der Waals surface area contributed by atoms with Crippen LogP contribution in [-0.2, 0) is 22.1 Å². The van der Waals surface area contributed by atoms with E-state index in [9.17, 15) is 31.1 Å². The molecule has 0 spiro atoms. The van der Waals surface area contributed by atoms with Crippen molar-refractivity contribution in [2.75, 3.05) is 6.61 Å². The normalized spacial score (nSPS) is 12.2. The van der Waals surface area contributed by atoms with E-state index in [1.165, 1.54) is 29.5 Å². The van der Waals surface area contributed by atoms with E-state index in [-0.39, 0.29) is 10.3 Å². The number of alkyl halides is 6. The second kappa shape index (κ2) is 6.87. The third kappa shape index (κ3) is 5.50. The number of ether oxygens (including phenoxy) is 2. The standard InChI is InChI=1S/C11H8F6INO3/c1-2-21-7(20)4-5-3-6(18)19-9(22-11(15,16)17)8(5)10(12,13)14/h3H,2,4H2,1H3. The molecular formula is C11H8F6INO3. The van der Waals surface area contributed by atoms with Crippen LogP contribution in [0.2, 0.25) is 0 Å². The number of hydrogen-bond donors (Lipinski definition) is 0. The van der Waals surface area contributed by atoms with Gasteiger partial charge in [0.2, 0.25) is 5.88 Å². The van der Waals surface area contributed by atoms with Crippen LogP contribution >= 0.6 is 22.6 Å². The molecule has 1 heterocycles. The minimum absolute atomic E-state index is 0.0751. The number of nitrogens with zero attached hydrogens (tertiary/aromatic N) is 1. The van der Waals surface area contributed by atoms with Gasteiger partial charge in [0, 0.05) is 0 Å². The van der Waals surface area contributed by atoms with Crippen molar-refractivity contribution in [1.82, 2.24) is 4.98 Å². The van der Waals surface area contributed by atoms with E-state index in [1.54, 1.807) is 0 Å². The maximum absolute atomic E-state index is 13.0. The summed E-state index contributed by atoms with van der Waals surface area (Å²) in [6.07, 6.45) is -11.4. The number of halogens is 7. The molecule has 1 aromatic rings. The van der Waals surface area contributed by atoms with Crippen LogP contribution in [0.25, 0.3) is 0 Å². The van der Waals surface area contributed by atoms with Crippen molar-refractivity contribution in [1.29, 1.82) is 0 Å². The average Bonchev–Trinajstić information content (AvgIpc) is 2.23. The predicted molar refractivity (Wildman–Crippen MR) is 69.0 cm³/mol. The topological polar surface area (TPSA) is 48.4 Å². The van der Waals surface area contributed by atoms with Gasteiger partial charge in [0.1, 0.15) is 9.26 Å². The second-order valence-corrected chi connectivity index (χ2v) is 4.92. The Bertz CT molecular complexity index is 558. The first kappa shape index (κ1) is 18.8. The molecule has 0 aliphatic rings. The van der Waals surface area contributed by atoms with Gasteiger partial charge < -0.3 is 9.47 Å². The minimum atomic E-state index is -5.35. The summed E-state index contributed by atoms with van der Waals surface area (Å²) in [5.74, 6) is -2.65. The van der Waals surface area contributed by atoms with E-state index in [0.29, 0.717) is 0 Å². The van der Waals surface area contributed by atoms with Crippen LogP contribution in [0.3, 0.4) is 0 Å². The smallest absolute Gasteiger partial charge is 0.466 e. The maximum atomic E-state index is 13.0.